The molecule has 1 aliphatic heterocycles. The van der Waals surface area contributed by atoms with Gasteiger partial charge in [0.25, 0.3) is 0 Å². The highest BCUT2D eigenvalue weighted by Gasteiger charge is 2.44. The predicted molar refractivity (Wildman–Crippen MR) is 319 cm³/mol. The van der Waals surface area contributed by atoms with Crippen molar-refractivity contribution in [2.75, 3.05) is 59.8 Å². The van der Waals surface area contributed by atoms with Crippen LogP contribution in [0.5, 0.6) is 0 Å². The molecule has 9 amide bonds. The van der Waals surface area contributed by atoms with Gasteiger partial charge >= 0.3 is 6.09 Å². The van der Waals surface area contributed by atoms with Crippen molar-refractivity contribution < 1.29 is 57.4 Å². The van der Waals surface area contributed by atoms with Gasteiger partial charge in [0.2, 0.25) is 47.3 Å². The first-order valence-electron chi connectivity index (χ1n) is 29.1. The molecule has 1 aliphatic rings. The number of likely N-dealkylation sites (N-methyl/N-ethyl adjacent to an activating group) is 2. The fourth-order valence-corrected chi connectivity index (χ4v) is 10.7. The minimum Gasteiger partial charge on any atom is -0.445 e. The predicted octanol–water partition coefficient (Wildman–Crippen LogP) is 3.95. The molecule has 10 atom stereocenters. The first kappa shape index (κ1) is 69.1. The first-order chi connectivity index (χ1) is 39.9. The fraction of sp³-hybridized carbons (Fsp3) is 0.565. The Bertz CT molecular complexity index is 2630. The zero-order valence-electron chi connectivity index (χ0n) is 51.1. The Morgan fingerprint density at radius 2 is 1.27 bits per heavy atom. The van der Waals surface area contributed by atoms with Crippen molar-refractivity contribution in [3.05, 3.63) is 102 Å². The van der Waals surface area contributed by atoms with E-state index in [4.69, 9.17) is 19.9 Å². The summed E-state index contributed by atoms with van der Waals surface area (Å²) in [5, 5.41) is 16.3. The largest absolute Gasteiger partial charge is 0.445 e. The molecule has 3 aromatic carbocycles. The van der Waals surface area contributed by atoms with E-state index in [-0.39, 0.29) is 62.4 Å². The number of amides is 9. The van der Waals surface area contributed by atoms with Crippen molar-refractivity contribution in [1.82, 2.24) is 41.3 Å². The molecule has 3 aromatic rings. The van der Waals surface area contributed by atoms with Gasteiger partial charge in [0.1, 0.15) is 24.7 Å². The van der Waals surface area contributed by atoms with Crippen LogP contribution in [0.4, 0.5) is 10.5 Å². The molecule has 462 valence electrons. The average Bonchev–Trinajstić information content (AvgIpc) is 3.29. The fourth-order valence-electron chi connectivity index (χ4n) is 10.7. The molecule has 22 nitrogen and oxygen atoms in total. The number of hydrogen-bond donors (Lipinski definition) is 7. The molecule has 1 saturated heterocycles. The van der Waals surface area contributed by atoms with E-state index in [0.717, 1.165) is 17.5 Å². The van der Waals surface area contributed by atoms with Gasteiger partial charge in [-0.2, -0.15) is 0 Å². The van der Waals surface area contributed by atoms with Gasteiger partial charge in [-0.05, 0) is 72.8 Å². The molecular formula is C62H92N10O12. The highest BCUT2D eigenvalue weighted by Crippen LogP contribution is 2.30. The van der Waals surface area contributed by atoms with E-state index in [0.29, 0.717) is 37.1 Å². The lowest BCUT2D eigenvalue weighted by Gasteiger charge is -2.41. The van der Waals surface area contributed by atoms with E-state index in [9.17, 15) is 43.2 Å². The maximum atomic E-state index is 14.7. The molecule has 22 heteroatoms. The summed E-state index contributed by atoms with van der Waals surface area (Å²) in [6, 6.07) is 21.1. The van der Waals surface area contributed by atoms with Crippen LogP contribution in [-0.2, 0) is 72.0 Å². The van der Waals surface area contributed by atoms with Gasteiger partial charge < -0.3 is 61.6 Å². The third-order valence-corrected chi connectivity index (χ3v) is 15.5. The van der Waals surface area contributed by atoms with E-state index in [2.05, 4.69) is 31.9 Å². The number of rotatable bonds is 32. The molecule has 0 aromatic heterocycles. The number of methoxy groups -OCH3 is 2. The average molecular weight is 1170 g/mol. The number of likely N-dealkylation sites (tertiary alicyclic amines) is 1. The first-order valence-corrected chi connectivity index (χ1v) is 29.1. The van der Waals surface area contributed by atoms with Gasteiger partial charge in [0.05, 0.1) is 56.3 Å². The lowest BCUT2D eigenvalue weighted by atomic mass is 9.89. The van der Waals surface area contributed by atoms with E-state index < -0.39 is 102 Å². The summed E-state index contributed by atoms with van der Waals surface area (Å²) in [5.41, 5.74) is 8.11. The molecule has 0 bridgehead atoms. The topological polar surface area (TPSA) is 289 Å². The molecular weight excluding hydrogens is 1080 g/mol. The van der Waals surface area contributed by atoms with E-state index >= 15 is 0 Å². The van der Waals surface area contributed by atoms with Gasteiger partial charge in [0.15, 0.2) is 0 Å². The zero-order valence-corrected chi connectivity index (χ0v) is 51.1. The Morgan fingerprint density at radius 1 is 0.667 bits per heavy atom. The standard InChI is InChI=1S/C62H92N10O12/c1-13-40(6)56(49(82-11)33-53(76)72-30-20-25-48(72)57(83-12)42(8)58(77)66-41(7)31-43-21-16-14-17-22-43)70(9)61(80)54(38(2)3)69-60(79)55(39(4)5)71(10)62(81)84-37-45-26-28-46(29-27-45)67-51(74)36-65-59(78)47(32-44-23-18-15-19-24-44)68-52(75)35-64-50(73)34-63/h14-19,21-24,26-29,38-42,47-49,54-57H,13,20,25,30-37,63H2,1-12H3,(H,64,73)(H,65,78)(H,66,77)(H,67,74)(H,68,75)(H,69,79)/t40-,41+,42+,47-,48-,49+,54?,55-,56-,57+/m0/s1. The number of nitrogens with zero attached hydrogens (tertiary/aromatic N) is 3. The van der Waals surface area contributed by atoms with Crippen LogP contribution in [-0.4, -0.2) is 171 Å². The summed E-state index contributed by atoms with van der Waals surface area (Å²) in [4.78, 5) is 125. The molecule has 0 aliphatic carbocycles. The second kappa shape index (κ2) is 34.4. The Kier molecular flexibility index (Phi) is 28.3. The van der Waals surface area contributed by atoms with Crippen LogP contribution in [0, 0.1) is 23.7 Å². The normalized spacial score (nSPS) is 16.3. The number of ether oxygens (including phenoxy) is 3. The number of anilines is 1. The number of benzene rings is 3. The maximum absolute atomic E-state index is 14.7. The van der Waals surface area contributed by atoms with Crippen molar-refractivity contribution in [2.45, 2.75) is 149 Å². The molecule has 1 heterocycles. The minimum atomic E-state index is -1.05. The van der Waals surface area contributed by atoms with Gasteiger partial charge in [-0.25, -0.2) is 4.79 Å². The maximum Gasteiger partial charge on any atom is 0.410 e. The van der Waals surface area contributed by atoms with Crippen LogP contribution in [0.3, 0.4) is 0 Å². The van der Waals surface area contributed by atoms with Crippen molar-refractivity contribution >= 4 is 59.0 Å². The zero-order chi connectivity index (χ0) is 62.2. The monoisotopic (exact) mass is 1170 g/mol. The molecule has 0 radical (unpaired) electrons. The van der Waals surface area contributed by atoms with Crippen LogP contribution >= 0.6 is 0 Å². The van der Waals surface area contributed by atoms with Gasteiger partial charge in [0, 0.05) is 53.0 Å². The molecule has 0 spiro atoms. The summed E-state index contributed by atoms with van der Waals surface area (Å²) in [6.45, 7) is 14.2. The van der Waals surface area contributed by atoms with Crippen molar-refractivity contribution in [3.63, 3.8) is 0 Å². The second-order valence-corrected chi connectivity index (χ2v) is 22.5. The number of nitrogens with two attached hydrogens (primary N) is 1. The SMILES string of the molecule is CC[C@H](C)[C@@H]([C@@H](CC(=O)N1CCC[C@H]1[C@H](OC)[C@@H](C)C(=O)N[C@H](C)Cc1ccccc1)OC)N(C)C(=O)C(NC(=O)[C@H](C(C)C)N(C)C(=O)OCc1ccc(NC(=O)CNC(=O)[C@H](Cc2ccccc2)NC(=O)CNC(=O)CN)cc1)C(C)C. The van der Waals surface area contributed by atoms with Crippen LogP contribution in [0.15, 0.2) is 84.9 Å². The summed E-state index contributed by atoms with van der Waals surface area (Å²) < 4.78 is 17.7. The molecule has 1 fully saturated rings. The molecule has 8 N–H and O–H groups in total. The summed E-state index contributed by atoms with van der Waals surface area (Å²) >= 11 is 0. The van der Waals surface area contributed by atoms with Crippen molar-refractivity contribution in [2.24, 2.45) is 29.4 Å². The molecule has 4 rings (SSSR count). The summed E-state index contributed by atoms with van der Waals surface area (Å²) in [6.07, 6.45) is 0.688. The number of hydrogen-bond acceptors (Lipinski definition) is 13. The molecule has 1 unspecified atom stereocenters. The Hall–Kier alpha value is -7.43. The smallest absolute Gasteiger partial charge is 0.410 e. The lowest BCUT2D eigenvalue weighted by Crippen LogP contribution is -2.60. The number of nitrogens with one attached hydrogen (secondary N) is 6. The van der Waals surface area contributed by atoms with Gasteiger partial charge in [-0.3, -0.25) is 43.3 Å². The van der Waals surface area contributed by atoms with Gasteiger partial charge in [-0.1, -0.05) is 128 Å². The number of carbonyl (C=O) groups excluding carboxylic acids is 9. The van der Waals surface area contributed by atoms with Crippen LogP contribution in [0.2, 0.25) is 0 Å². The van der Waals surface area contributed by atoms with Crippen LogP contribution in [0.1, 0.15) is 97.8 Å². The Morgan fingerprint density at radius 3 is 1.83 bits per heavy atom. The van der Waals surface area contributed by atoms with Crippen LogP contribution < -0.4 is 37.6 Å². The van der Waals surface area contributed by atoms with E-state index in [1.165, 1.54) is 19.1 Å². The van der Waals surface area contributed by atoms with E-state index in [1.807, 2.05) is 77.9 Å². The number of carbonyl (C=O) groups is 9. The summed E-state index contributed by atoms with van der Waals surface area (Å²) in [7, 11) is 6.19. The lowest BCUT2D eigenvalue weighted by molar-refractivity contribution is -0.148. The van der Waals surface area contributed by atoms with Crippen molar-refractivity contribution in [3.8, 4) is 0 Å². The minimum absolute atomic E-state index is 0.0449. The Balaban J connectivity index is 1.35. The molecule has 84 heavy (non-hydrogen) atoms. The molecule has 0 saturated carbocycles. The van der Waals surface area contributed by atoms with Crippen molar-refractivity contribution in [1.29, 1.82) is 0 Å². The quantitative estimate of drug-likeness (QED) is 0.0467. The van der Waals surface area contributed by atoms with Crippen LogP contribution in [0.25, 0.3) is 0 Å². The third-order valence-electron chi connectivity index (χ3n) is 15.5. The summed E-state index contributed by atoms with van der Waals surface area (Å²) in [5.74, 6) is -5.12. The van der Waals surface area contributed by atoms with Gasteiger partial charge in [-0.15, -0.1) is 0 Å². The highest BCUT2D eigenvalue weighted by atomic mass is 16.6. The third kappa shape index (κ3) is 20.7. The second-order valence-electron chi connectivity index (χ2n) is 22.5. The Labute approximate surface area is 495 Å². The van der Waals surface area contributed by atoms with E-state index in [1.54, 1.807) is 86.3 Å². The highest BCUT2D eigenvalue weighted by molar-refractivity contribution is 5.96.